The van der Waals surface area contributed by atoms with Gasteiger partial charge in [-0.15, -0.1) is 0 Å². The Morgan fingerprint density at radius 1 is 1.19 bits per heavy atom. The van der Waals surface area contributed by atoms with Crippen LogP contribution in [0.25, 0.3) is 0 Å². The van der Waals surface area contributed by atoms with Crippen molar-refractivity contribution >= 4 is 23.5 Å². The van der Waals surface area contributed by atoms with Gasteiger partial charge in [-0.25, -0.2) is 9.18 Å². The Hall–Kier alpha value is -3.42. The van der Waals surface area contributed by atoms with Crippen molar-refractivity contribution in [2.75, 3.05) is 11.9 Å². The van der Waals surface area contributed by atoms with Crippen LogP contribution in [-0.4, -0.2) is 30.5 Å². The maximum Gasteiger partial charge on any atom is 0.344 e. The third-order valence-corrected chi connectivity index (χ3v) is 3.61. The molecular weight excluding hydrogens is 355 g/mol. The lowest BCUT2D eigenvalue weighted by Gasteiger charge is -2.14. The van der Waals surface area contributed by atoms with E-state index in [0.29, 0.717) is 5.56 Å². The van der Waals surface area contributed by atoms with E-state index in [4.69, 9.17) is 15.2 Å². The van der Waals surface area contributed by atoms with Crippen LogP contribution in [0.15, 0.2) is 42.5 Å². The predicted octanol–water partition coefficient (Wildman–Crippen LogP) is 2.18. The highest BCUT2D eigenvalue weighted by Crippen LogP contribution is 2.17. The van der Waals surface area contributed by atoms with E-state index in [1.165, 1.54) is 37.3 Å². The van der Waals surface area contributed by atoms with Crippen LogP contribution in [-0.2, 0) is 14.3 Å². The van der Waals surface area contributed by atoms with Crippen molar-refractivity contribution in [3.8, 4) is 5.75 Å². The minimum Gasteiger partial charge on any atom is -0.481 e. The molecule has 0 unspecified atom stereocenters. The van der Waals surface area contributed by atoms with Crippen molar-refractivity contribution in [1.29, 1.82) is 0 Å². The Balaban J connectivity index is 1.88. The van der Waals surface area contributed by atoms with Crippen LogP contribution in [0.3, 0.4) is 0 Å². The molecule has 27 heavy (non-hydrogen) atoms. The number of primary amides is 1. The van der Waals surface area contributed by atoms with E-state index in [9.17, 15) is 18.8 Å². The molecule has 0 spiro atoms. The van der Waals surface area contributed by atoms with E-state index in [2.05, 4.69) is 5.32 Å². The van der Waals surface area contributed by atoms with E-state index in [1.54, 1.807) is 19.1 Å². The van der Waals surface area contributed by atoms with E-state index >= 15 is 0 Å². The van der Waals surface area contributed by atoms with Crippen LogP contribution in [0.4, 0.5) is 10.1 Å². The van der Waals surface area contributed by atoms with Crippen molar-refractivity contribution in [3.63, 3.8) is 0 Å². The summed E-state index contributed by atoms with van der Waals surface area (Å²) < 4.78 is 23.7. The van der Waals surface area contributed by atoms with E-state index in [-0.39, 0.29) is 17.0 Å². The number of carbonyl (C=O) groups excluding carboxylic acids is 3. The quantitative estimate of drug-likeness (QED) is 0.722. The van der Waals surface area contributed by atoms with E-state index in [0.717, 1.165) is 0 Å². The number of halogens is 1. The fourth-order valence-electron chi connectivity index (χ4n) is 2.13. The van der Waals surface area contributed by atoms with Gasteiger partial charge in [0, 0.05) is 5.69 Å². The van der Waals surface area contributed by atoms with Crippen LogP contribution >= 0.6 is 0 Å². The second-order valence-corrected chi connectivity index (χ2v) is 5.73. The average molecular weight is 374 g/mol. The average Bonchev–Trinajstić information content (AvgIpc) is 2.63. The highest BCUT2D eigenvalue weighted by Gasteiger charge is 2.19. The van der Waals surface area contributed by atoms with E-state index < -0.39 is 36.3 Å². The lowest BCUT2D eigenvalue weighted by molar-refractivity contribution is -0.155. The molecule has 0 bridgehead atoms. The van der Waals surface area contributed by atoms with Crippen molar-refractivity contribution in [2.24, 2.45) is 5.73 Å². The second kappa shape index (κ2) is 8.79. The first-order chi connectivity index (χ1) is 12.8. The van der Waals surface area contributed by atoms with Crippen LogP contribution in [0.5, 0.6) is 5.75 Å². The van der Waals surface area contributed by atoms with Crippen molar-refractivity contribution in [3.05, 3.63) is 59.4 Å². The largest absolute Gasteiger partial charge is 0.481 e. The normalized spacial score (nSPS) is 11.4. The summed E-state index contributed by atoms with van der Waals surface area (Å²) in [7, 11) is 0. The SMILES string of the molecule is Cc1ccc(NC(=O)[C@@H](C)OC(=O)COc2ccccc2C(N)=O)cc1F. The zero-order valence-electron chi connectivity index (χ0n) is 14.8. The molecule has 3 N–H and O–H groups in total. The molecule has 0 fully saturated rings. The van der Waals surface area contributed by atoms with E-state index in [1.807, 2.05) is 0 Å². The molecule has 0 aliphatic heterocycles. The van der Waals surface area contributed by atoms with Gasteiger partial charge < -0.3 is 20.5 Å². The number of aryl methyl sites for hydroxylation is 1. The Kier molecular flexibility index (Phi) is 6.48. The van der Waals surface area contributed by atoms with Crippen LogP contribution < -0.4 is 15.8 Å². The number of carbonyl (C=O) groups is 3. The number of para-hydroxylation sites is 1. The number of nitrogens with one attached hydrogen (secondary N) is 1. The standard InChI is InChI=1S/C19H19FN2O5/c1-11-7-8-13(9-15(11)20)22-19(25)12(2)27-17(23)10-26-16-6-4-3-5-14(16)18(21)24/h3-9,12H,10H2,1-2H3,(H2,21,24)(H,22,25)/t12-/m1/s1. The van der Waals surface area contributed by atoms with Gasteiger partial charge >= 0.3 is 5.97 Å². The van der Waals surface area contributed by atoms with Crippen LogP contribution in [0.2, 0.25) is 0 Å². The predicted molar refractivity (Wildman–Crippen MR) is 95.8 cm³/mol. The van der Waals surface area contributed by atoms with Crippen LogP contribution in [0.1, 0.15) is 22.8 Å². The third kappa shape index (κ3) is 5.53. The molecule has 8 heteroatoms. The Bertz CT molecular complexity index is 869. The van der Waals surface area contributed by atoms with Gasteiger partial charge in [0.25, 0.3) is 11.8 Å². The van der Waals surface area contributed by atoms with Gasteiger partial charge in [0.15, 0.2) is 12.7 Å². The summed E-state index contributed by atoms with van der Waals surface area (Å²) >= 11 is 0. The molecule has 0 saturated heterocycles. The van der Waals surface area contributed by atoms with Gasteiger partial charge in [0.1, 0.15) is 11.6 Å². The second-order valence-electron chi connectivity index (χ2n) is 5.73. The lowest BCUT2D eigenvalue weighted by atomic mass is 10.2. The molecule has 0 aliphatic rings. The molecule has 2 aromatic rings. The molecule has 2 aromatic carbocycles. The highest BCUT2D eigenvalue weighted by atomic mass is 19.1. The van der Waals surface area contributed by atoms with Gasteiger partial charge in [-0.05, 0) is 43.7 Å². The number of amides is 2. The van der Waals surface area contributed by atoms with Crippen molar-refractivity contribution < 1.29 is 28.2 Å². The molecule has 2 rings (SSSR count). The molecule has 0 aromatic heterocycles. The molecule has 7 nitrogen and oxygen atoms in total. The first-order valence-corrected chi connectivity index (χ1v) is 8.06. The molecular formula is C19H19FN2O5. The van der Waals surface area contributed by atoms with Gasteiger partial charge in [0.2, 0.25) is 0 Å². The van der Waals surface area contributed by atoms with Gasteiger partial charge in [-0.1, -0.05) is 18.2 Å². The molecule has 0 saturated carbocycles. The Morgan fingerprint density at radius 3 is 2.56 bits per heavy atom. The van der Waals surface area contributed by atoms with Gasteiger partial charge in [0.05, 0.1) is 5.56 Å². The fourth-order valence-corrected chi connectivity index (χ4v) is 2.13. The Morgan fingerprint density at radius 2 is 1.89 bits per heavy atom. The molecule has 1 atom stereocenters. The summed E-state index contributed by atoms with van der Waals surface area (Å²) in [5.41, 5.74) is 6.04. The number of benzene rings is 2. The smallest absolute Gasteiger partial charge is 0.344 e. The number of rotatable bonds is 7. The Labute approximate surface area is 155 Å². The highest BCUT2D eigenvalue weighted by molar-refractivity contribution is 5.96. The first kappa shape index (κ1) is 19.9. The number of hydrogen-bond donors (Lipinski definition) is 2. The molecule has 0 heterocycles. The number of anilines is 1. The summed E-state index contributed by atoms with van der Waals surface area (Å²) in [5, 5.41) is 2.45. The summed E-state index contributed by atoms with van der Waals surface area (Å²) in [6.07, 6.45) is -1.13. The van der Waals surface area contributed by atoms with Gasteiger partial charge in [-0.3, -0.25) is 9.59 Å². The number of hydrogen-bond acceptors (Lipinski definition) is 5. The summed E-state index contributed by atoms with van der Waals surface area (Å²) in [5.74, 6) is -2.46. The minimum atomic E-state index is -1.13. The maximum absolute atomic E-state index is 13.5. The molecule has 142 valence electrons. The molecule has 0 aliphatic carbocycles. The summed E-state index contributed by atoms with van der Waals surface area (Å²) in [6, 6.07) is 10.4. The van der Waals surface area contributed by atoms with Crippen LogP contribution in [0, 0.1) is 12.7 Å². The monoisotopic (exact) mass is 374 g/mol. The number of esters is 1. The van der Waals surface area contributed by atoms with Gasteiger partial charge in [-0.2, -0.15) is 0 Å². The zero-order chi connectivity index (χ0) is 20.0. The third-order valence-electron chi connectivity index (χ3n) is 3.61. The lowest BCUT2D eigenvalue weighted by Crippen LogP contribution is -2.31. The number of nitrogens with two attached hydrogens (primary N) is 1. The summed E-state index contributed by atoms with van der Waals surface area (Å²) in [4.78, 5) is 35.2. The maximum atomic E-state index is 13.5. The minimum absolute atomic E-state index is 0.123. The molecule has 2 amide bonds. The summed E-state index contributed by atoms with van der Waals surface area (Å²) in [6.45, 7) is 2.46. The fraction of sp³-hybridized carbons (Fsp3) is 0.211. The first-order valence-electron chi connectivity index (χ1n) is 8.06. The molecule has 0 radical (unpaired) electrons. The van der Waals surface area contributed by atoms with Crippen molar-refractivity contribution in [1.82, 2.24) is 0 Å². The topological polar surface area (TPSA) is 108 Å². The number of ether oxygens (including phenoxy) is 2. The zero-order valence-corrected chi connectivity index (χ0v) is 14.8. The van der Waals surface area contributed by atoms with Crippen molar-refractivity contribution in [2.45, 2.75) is 20.0 Å².